The molecule has 0 heterocycles. The predicted molar refractivity (Wildman–Crippen MR) is 75.5 cm³/mol. The molecule has 0 spiro atoms. The minimum Gasteiger partial charge on any atom is -0.378 e. The van der Waals surface area contributed by atoms with E-state index in [2.05, 4.69) is 6.58 Å². The molecule has 2 saturated carbocycles. The standard InChI is InChI=1S/C16H25F3O2/c1-3-8-21-13-6-4-10(9-12(13)17)11-5-7-14(20-2)16(19)15(11)18/h3,10-16H,1,4-9H2,2H3. The van der Waals surface area contributed by atoms with Crippen LogP contribution >= 0.6 is 0 Å². The van der Waals surface area contributed by atoms with Gasteiger partial charge in [-0.05, 0) is 43.9 Å². The van der Waals surface area contributed by atoms with Crippen LogP contribution in [0.25, 0.3) is 0 Å². The van der Waals surface area contributed by atoms with E-state index in [1.165, 1.54) is 7.11 Å². The highest BCUT2D eigenvalue weighted by atomic mass is 19.2. The highest BCUT2D eigenvalue weighted by molar-refractivity contribution is 4.94. The van der Waals surface area contributed by atoms with Crippen LogP contribution in [0.2, 0.25) is 0 Å². The van der Waals surface area contributed by atoms with Crippen LogP contribution in [0.4, 0.5) is 13.2 Å². The van der Waals surface area contributed by atoms with Crippen molar-refractivity contribution in [2.75, 3.05) is 13.7 Å². The fourth-order valence-electron chi connectivity index (χ4n) is 3.75. The summed E-state index contributed by atoms with van der Waals surface area (Å²) in [6.45, 7) is 3.87. The predicted octanol–water partition coefficient (Wildman–Crippen LogP) is 3.80. The van der Waals surface area contributed by atoms with Crippen LogP contribution < -0.4 is 0 Å². The fraction of sp³-hybridized carbons (Fsp3) is 0.875. The largest absolute Gasteiger partial charge is 0.378 e. The Hall–Kier alpha value is -0.550. The van der Waals surface area contributed by atoms with Gasteiger partial charge in [0.2, 0.25) is 0 Å². The number of ether oxygens (including phenoxy) is 2. The van der Waals surface area contributed by atoms with Crippen molar-refractivity contribution >= 4 is 0 Å². The van der Waals surface area contributed by atoms with Crippen LogP contribution in [-0.2, 0) is 9.47 Å². The molecule has 2 aliphatic carbocycles. The zero-order chi connectivity index (χ0) is 15.4. The molecule has 0 aromatic heterocycles. The van der Waals surface area contributed by atoms with Crippen molar-refractivity contribution in [1.29, 1.82) is 0 Å². The molecule has 0 aliphatic heterocycles. The fourth-order valence-corrected chi connectivity index (χ4v) is 3.75. The molecule has 0 bridgehead atoms. The normalized spacial score (nSPS) is 44.5. The molecular weight excluding hydrogens is 281 g/mol. The van der Waals surface area contributed by atoms with Crippen molar-refractivity contribution in [2.24, 2.45) is 11.8 Å². The Bertz CT molecular complexity index is 339. The van der Waals surface area contributed by atoms with Gasteiger partial charge in [0.05, 0.1) is 18.8 Å². The molecule has 0 saturated heterocycles. The molecule has 122 valence electrons. The second-order valence-electron chi connectivity index (χ2n) is 6.15. The second kappa shape index (κ2) is 7.63. The lowest BCUT2D eigenvalue weighted by molar-refractivity contribution is -0.0869. The van der Waals surface area contributed by atoms with Gasteiger partial charge in [-0.15, -0.1) is 6.58 Å². The molecule has 7 atom stereocenters. The molecule has 21 heavy (non-hydrogen) atoms. The number of alkyl halides is 3. The molecule has 5 heteroatoms. The van der Waals surface area contributed by atoms with Crippen LogP contribution in [0, 0.1) is 11.8 Å². The Labute approximate surface area is 124 Å². The Morgan fingerprint density at radius 3 is 2.38 bits per heavy atom. The van der Waals surface area contributed by atoms with E-state index in [0.29, 0.717) is 32.3 Å². The third-order valence-electron chi connectivity index (χ3n) is 4.94. The number of hydrogen-bond acceptors (Lipinski definition) is 2. The first-order valence-corrected chi connectivity index (χ1v) is 7.76. The van der Waals surface area contributed by atoms with Crippen molar-refractivity contribution in [3.8, 4) is 0 Å². The Morgan fingerprint density at radius 2 is 1.76 bits per heavy atom. The molecule has 2 fully saturated rings. The van der Waals surface area contributed by atoms with Crippen LogP contribution in [0.15, 0.2) is 12.7 Å². The first kappa shape index (κ1) is 16.8. The molecule has 0 N–H and O–H groups in total. The van der Waals surface area contributed by atoms with Gasteiger partial charge in [-0.3, -0.25) is 0 Å². The average Bonchev–Trinajstić information content (AvgIpc) is 2.49. The Balaban J connectivity index is 1.90. The van der Waals surface area contributed by atoms with Crippen LogP contribution in [0.1, 0.15) is 32.1 Å². The first-order valence-electron chi connectivity index (χ1n) is 7.76. The number of methoxy groups -OCH3 is 1. The van der Waals surface area contributed by atoms with Crippen molar-refractivity contribution in [3.63, 3.8) is 0 Å². The lowest BCUT2D eigenvalue weighted by Gasteiger charge is -2.41. The maximum absolute atomic E-state index is 14.3. The van der Waals surface area contributed by atoms with E-state index in [4.69, 9.17) is 9.47 Å². The summed E-state index contributed by atoms with van der Waals surface area (Å²) in [5.41, 5.74) is 0. The molecule has 2 nitrogen and oxygen atoms in total. The van der Waals surface area contributed by atoms with E-state index >= 15 is 0 Å². The quantitative estimate of drug-likeness (QED) is 0.719. The molecule has 7 unspecified atom stereocenters. The number of hydrogen-bond donors (Lipinski definition) is 0. The molecule has 0 radical (unpaired) electrons. The topological polar surface area (TPSA) is 18.5 Å². The molecular formula is C16H25F3O2. The minimum absolute atomic E-state index is 0.102. The summed E-state index contributed by atoms with van der Waals surface area (Å²) in [4.78, 5) is 0. The Morgan fingerprint density at radius 1 is 1.05 bits per heavy atom. The summed E-state index contributed by atoms with van der Waals surface area (Å²) >= 11 is 0. The molecule has 2 rings (SSSR count). The van der Waals surface area contributed by atoms with E-state index in [1.54, 1.807) is 6.08 Å². The van der Waals surface area contributed by atoms with Crippen molar-refractivity contribution < 1.29 is 22.6 Å². The van der Waals surface area contributed by atoms with Crippen molar-refractivity contribution in [2.45, 2.75) is 62.8 Å². The SMILES string of the molecule is C=CCOC1CCC(C2CCC(OC)C(F)C2F)CC1F. The molecule has 0 amide bonds. The molecule has 2 aliphatic rings. The van der Waals surface area contributed by atoms with Crippen LogP contribution in [0.5, 0.6) is 0 Å². The van der Waals surface area contributed by atoms with Gasteiger partial charge in [-0.1, -0.05) is 6.08 Å². The van der Waals surface area contributed by atoms with E-state index in [9.17, 15) is 13.2 Å². The highest BCUT2D eigenvalue weighted by Gasteiger charge is 2.45. The van der Waals surface area contributed by atoms with Gasteiger partial charge >= 0.3 is 0 Å². The smallest absolute Gasteiger partial charge is 0.157 e. The summed E-state index contributed by atoms with van der Waals surface area (Å²) in [5, 5.41) is 0. The summed E-state index contributed by atoms with van der Waals surface area (Å²) in [6.07, 6.45) is -1.17. The zero-order valence-corrected chi connectivity index (χ0v) is 12.5. The summed E-state index contributed by atoms with van der Waals surface area (Å²) in [7, 11) is 1.41. The lowest BCUT2D eigenvalue weighted by atomic mass is 9.70. The number of halogens is 3. The van der Waals surface area contributed by atoms with Crippen molar-refractivity contribution in [1.82, 2.24) is 0 Å². The Kier molecular flexibility index (Phi) is 6.11. The summed E-state index contributed by atoms with van der Waals surface area (Å²) in [6, 6.07) is 0. The van der Waals surface area contributed by atoms with Gasteiger partial charge in [0, 0.05) is 7.11 Å². The van der Waals surface area contributed by atoms with Gasteiger partial charge in [0.15, 0.2) is 6.17 Å². The van der Waals surface area contributed by atoms with E-state index in [0.717, 1.165) is 0 Å². The third kappa shape index (κ3) is 3.81. The van der Waals surface area contributed by atoms with Gasteiger partial charge < -0.3 is 9.47 Å². The number of rotatable bonds is 5. The van der Waals surface area contributed by atoms with Crippen LogP contribution in [-0.4, -0.2) is 44.4 Å². The third-order valence-corrected chi connectivity index (χ3v) is 4.94. The maximum atomic E-state index is 14.3. The summed E-state index contributed by atoms with van der Waals surface area (Å²) < 4.78 is 52.7. The first-order chi connectivity index (χ1) is 10.1. The highest BCUT2D eigenvalue weighted by Crippen LogP contribution is 2.42. The van der Waals surface area contributed by atoms with Crippen molar-refractivity contribution in [3.05, 3.63) is 12.7 Å². The summed E-state index contributed by atoms with van der Waals surface area (Å²) in [5.74, 6) is -0.500. The zero-order valence-electron chi connectivity index (χ0n) is 12.5. The van der Waals surface area contributed by atoms with Gasteiger partial charge in [-0.2, -0.15) is 0 Å². The van der Waals surface area contributed by atoms with Gasteiger partial charge in [-0.25, -0.2) is 13.2 Å². The lowest BCUT2D eigenvalue weighted by Crippen LogP contribution is -2.47. The van der Waals surface area contributed by atoms with Gasteiger partial charge in [0.1, 0.15) is 12.3 Å². The minimum atomic E-state index is -1.60. The monoisotopic (exact) mass is 306 g/mol. The van der Waals surface area contributed by atoms with E-state index in [1.807, 2.05) is 0 Å². The van der Waals surface area contributed by atoms with E-state index < -0.39 is 36.6 Å². The average molecular weight is 306 g/mol. The second-order valence-corrected chi connectivity index (χ2v) is 6.15. The maximum Gasteiger partial charge on any atom is 0.157 e. The van der Waals surface area contributed by atoms with E-state index in [-0.39, 0.29) is 12.3 Å². The molecule has 0 aromatic rings. The molecule has 0 aromatic carbocycles. The van der Waals surface area contributed by atoms with Crippen LogP contribution in [0.3, 0.4) is 0 Å². The van der Waals surface area contributed by atoms with Gasteiger partial charge in [0.25, 0.3) is 0 Å².